The van der Waals surface area contributed by atoms with Crippen LogP contribution in [0.5, 0.6) is 0 Å². The highest BCUT2D eigenvalue weighted by molar-refractivity contribution is 8.23. The molecule has 32 heavy (non-hydrogen) atoms. The maximum absolute atomic E-state index is 12.9. The van der Waals surface area contributed by atoms with Crippen LogP contribution >= 0.6 is 35.6 Å². The van der Waals surface area contributed by atoms with Gasteiger partial charge in [0.1, 0.15) is 9.57 Å². The van der Waals surface area contributed by atoms with Gasteiger partial charge in [0.25, 0.3) is 0 Å². The van der Waals surface area contributed by atoms with E-state index in [9.17, 15) is 14.4 Å². The summed E-state index contributed by atoms with van der Waals surface area (Å²) in [6, 6.07) is 14.5. The molecule has 0 saturated carbocycles. The Morgan fingerprint density at radius 2 is 1.69 bits per heavy atom. The van der Waals surface area contributed by atoms with Gasteiger partial charge in [0, 0.05) is 43.9 Å². The van der Waals surface area contributed by atoms with E-state index < -0.39 is 5.25 Å². The fourth-order valence-corrected chi connectivity index (χ4v) is 5.59. The molecule has 2 aromatic rings. The van der Waals surface area contributed by atoms with Crippen molar-refractivity contribution in [2.45, 2.75) is 18.6 Å². The third-order valence-electron chi connectivity index (χ3n) is 5.62. The Bertz CT molecular complexity index is 1070. The number of Topliss-reactive ketones (excluding diaryl/α,β-unsaturated/α-hetero) is 1. The van der Waals surface area contributed by atoms with Gasteiger partial charge in [0.05, 0.1) is 10.7 Å². The number of hydrogen-bond acceptors (Lipinski definition) is 6. The van der Waals surface area contributed by atoms with E-state index in [1.165, 1.54) is 16.7 Å². The Kier molecular flexibility index (Phi) is 6.83. The normalized spacial score (nSPS) is 18.9. The SMILES string of the molecule is CC(=O)c1ccc(N2CCN(C(=S)S[C@@H]3CC(=O)N(c4ccccc4Cl)C3=O)CC2)cc1. The van der Waals surface area contributed by atoms with Gasteiger partial charge in [-0.1, -0.05) is 47.7 Å². The lowest BCUT2D eigenvalue weighted by Gasteiger charge is -2.37. The average Bonchev–Trinajstić information content (AvgIpc) is 3.07. The number of hydrogen-bond donors (Lipinski definition) is 0. The van der Waals surface area contributed by atoms with E-state index in [1.54, 1.807) is 31.2 Å². The summed E-state index contributed by atoms with van der Waals surface area (Å²) in [5.74, 6) is -0.487. The van der Waals surface area contributed by atoms with Gasteiger partial charge in [-0.2, -0.15) is 0 Å². The number of thioether (sulfide) groups is 1. The molecule has 166 valence electrons. The predicted molar refractivity (Wildman–Crippen MR) is 133 cm³/mol. The number of para-hydroxylation sites is 1. The van der Waals surface area contributed by atoms with Gasteiger partial charge in [-0.05, 0) is 43.3 Å². The molecule has 0 N–H and O–H groups in total. The second kappa shape index (κ2) is 9.60. The van der Waals surface area contributed by atoms with Crippen LogP contribution in [0.1, 0.15) is 23.7 Å². The first-order valence-corrected chi connectivity index (χ1v) is 11.9. The molecule has 6 nitrogen and oxygen atoms in total. The van der Waals surface area contributed by atoms with E-state index in [4.69, 9.17) is 23.8 Å². The maximum atomic E-state index is 12.9. The topological polar surface area (TPSA) is 60.9 Å². The van der Waals surface area contributed by atoms with E-state index in [0.29, 0.717) is 20.6 Å². The number of anilines is 2. The van der Waals surface area contributed by atoms with Gasteiger partial charge >= 0.3 is 0 Å². The number of halogens is 1. The Morgan fingerprint density at radius 1 is 1.03 bits per heavy atom. The van der Waals surface area contributed by atoms with Gasteiger partial charge in [0.15, 0.2) is 5.78 Å². The van der Waals surface area contributed by atoms with Crippen LogP contribution in [0, 0.1) is 0 Å². The summed E-state index contributed by atoms with van der Waals surface area (Å²) < 4.78 is 0.628. The summed E-state index contributed by atoms with van der Waals surface area (Å²) >= 11 is 13.1. The standard InChI is InChI=1S/C23H22ClN3O3S2/c1-15(28)16-6-8-17(9-7-16)25-10-12-26(13-11-25)23(31)32-20-14-21(29)27(22(20)30)19-5-3-2-4-18(19)24/h2-9,20H,10-14H2,1H3/t20-/m1/s1. The van der Waals surface area contributed by atoms with Gasteiger partial charge in [-0.3, -0.25) is 14.4 Å². The average molecular weight is 488 g/mol. The van der Waals surface area contributed by atoms with E-state index >= 15 is 0 Å². The minimum atomic E-state index is -0.538. The van der Waals surface area contributed by atoms with Crippen molar-refractivity contribution in [1.29, 1.82) is 0 Å². The summed E-state index contributed by atoms with van der Waals surface area (Å²) in [5, 5.41) is -0.168. The zero-order valence-electron chi connectivity index (χ0n) is 17.5. The van der Waals surface area contributed by atoms with Gasteiger partial charge in [0.2, 0.25) is 11.8 Å². The molecule has 4 rings (SSSR count). The van der Waals surface area contributed by atoms with Crippen LogP contribution in [0.3, 0.4) is 0 Å². The van der Waals surface area contributed by atoms with Crippen LogP contribution in [0.2, 0.25) is 5.02 Å². The fourth-order valence-electron chi connectivity index (χ4n) is 3.83. The van der Waals surface area contributed by atoms with E-state index in [0.717, 1.165) is 31.9 Å². The second-order valence-corrected chi connectivity index (χ2v) is 9.92. The quantitative estimate of drug-likeness (QED) is 0.367. The minimum absolute atomic E-state index is 0.0526. The minimum Gasteiger partial charge on any atom is -0.368 e. The molecular formula is C23H22ClN3O3S2. The first kappa shape index (κ1) is 22.8. The van der Waals surface area contributed by atoms with Gasteiger partial charge < -0.3 is 9.80 Å². The summed E-state index contributed by atoms with van der Waals surface area (Å²) in [6.07, 6.45) is 0.108. The number of imide groups is 1. The molecule has 0 aliphatic carbocycles. The molecule has 0 spiro atoms. The van der Waals surface area contributed by atoms with E-state index in [2.05, 4.69) is 9.80 Å². The van der Waals surface area contributed by atoms with Crippen molar-refractivity contribution < 1.29 is 14.4 Å². The number of benzene rings is 2. The lowest BCUT2D eigenvalue weighted by Crippen LogP contribution is -2.48. The second-order valence-electron chi connectivity index (χ2n) is 7.67. The molecule has 2 aliphatic heterocycles. The summed E-state index contributed by atoms with van der Waals surface area (Å²) in [4.78, 5) is 42.4. The predicted octanol–water partition coefficient (Wildman–Crippen LogP) is 4.01. The van der Waals surface area contributed by atoms with Crippen molar-refractivity contribution in [3.05, 3.63) is 59.1 Å². The van der Waals surface area contributed by atoms with Crippen LogP contribution in [-0.2, 0) is 9.59 Å². The molecular weight excluding hydrogens is 466 g/mol. The lowest BCUT2D eigenvalue weighted by molar-refractivity contribution is -0.121. The zero-order valence-corrected chi connectivity index (χ0v) is 19.9. The highest BCUT2D eigenvalue weighted by atomic mass is 35.5. The summed E-state index contributed by atoms with van der Waals surface area (Å²) in [6.45, 7) is 4.57. The summed E-state index contributed by atoms with van der Waals surface area (Å²) in [5.41, 5.74) is 2.19. The summed E-state index contributed by atoms with van der Waals surface area (Å²) in [7, 11) is 0. The van der Waals surface area contributed by atoms with Crippen molar-refractivity contribution in [3.8, 4) is 0 Å². The number of thiocarbonyl (C=S) groups is 1. The number of ketones is 1. The molecule has 2 saturated heterocycles. The first-order chi connectivity index (χ1) is 15.3. The van der Waals surface area contributed by atoms with Crippen LogP contribution in [0.4, 0.5) is 11.4 Å². The molecule has 0 bridgehead atoms. The Hall–Kier alpha value is -2.42. The highest BCUT2D eigenvalue weighted by Crippen LogP contribution is 2.34. The number of piperazine rings is 1. The van der Waals surface area contributed by atoms with Crippen molar-refractivity contribution in [2.75, 3.05) is 36.0 Å². The molecule has 0 radical (unpaired) electrons. The Balaban J connectivity index is 1.34. The highest BCUT2D eigenvalue weighted by Gasteiger charge is 2.41. The largest absolute Gasteiger partial charge is 0.368 e. The number of amides is 2. The molecule has 1 atom stereocenters. The molecule has 2 aromatic carbocycles. The third kappa shape index (κ3) is 4.67. The molecule has 0 unspecified atom stereocenters. The monoisotopic (exact) mass is 487 g/mol. The Morgan fingerprint density at radius 3 is 2.31 bits per heavy atom. The molecule has 9 heteroatoms. The van der Waals surface area contributed by atoms with Crippen molar-refractivity contribution in [2.24, 2.45) is 0 Å². The molecule has 2 aliphatic rings. The van der Waals surface area contributed by atoms with Crippen molar-refractivity contribution >= 4 is 68.9 Å². The van der Waals surface area contributed by atoms with Gasteiger partial charge in [-0.25, -0.2) is 4.90 Å². The smallest absolute Gasteiger partial charge is 0.247 e. The molecule has 2 heterocycles. The first-order valence-electron chi connectivity index (χ1n) is 10.3. The third-order valence-corrected chi connectivity index (χ3v) is 7.60. The van der Waals surface area contributed by atoms with E-state index in [1.807, 2.05) is 24.3 Å². The van der Waals surface area contributed by atoms with Crippen LogP contribution in [0.25, 0.3) is 0 Å². The van der Waals surface area contributed by atoms with Crippen molar-refractivity contribution in [3.63, 3.8) is 0 Å². The lowest BCUT2D eigenvalue weighted by atomic mass is 10.1. The molecule has 2 amide bonds. The number of carbonyl (C=O) groups is 3. The van der Waals surface area contributed by atoms with Gasteiger partial charge in [-0.15, -0.1) is 0 Å². The van der Waals surface area contributed by atoms with Crippen LogP contribution in [0.15, 0.2) is 48.5 Å². The van der Waals surface area contributed by atoms with Crippen LogP contribution in [-0.4, -0.2) is 58.2 Å². The number of carbonyl (C=O) groups excluding carboxylic acids is 3. The van der Waals surface area contributed by atoms with Crippen molar-refractivity contribution in [1.82, 2.24) is 4.90 Å². The number of rotatable bonds is 4. The number of nitrogens with zero attached hydrogens (tertiary/aromatic N) is 3. The van der Waals surface area contributed by atoms with E-state index in [-0.39, 0.29) is 24.0 Å². The molecule has 2 fully saturated rings. The zero-order chi connectivity index (χ0) is 22.8. The Labute approximate surface area is 201 Å². The molecule has 0 aromatic heterocycles. The maximum Gasteiger partial charge on any atom is 0.247 e. The van der Waals surface area contributed by atoms with Crippen LogP contribution < -0.4 is 9.80 Å². The fraction of sp³-hybridized carbons (Fsp3) is 0.304.